The van der Waals surface area contributed by atoms with Crippen molar-refractivity contribution in [3.05, 3.63) is 71.0 Å². The second-order valence-corrected chi connectivity index (χ2v) is 10.9. The molecule has 2 bridgehead atoms. The van der Waals surface area contributed by atoms with Gasteiger partial charge >= 0.3 is 17.9 Å². The van der Waals surface area contributed by atoms with Crippen LogP contribution in [0.5, 0.6) is 11.5 Å². The molecule has 2 aromatic rings. The number of ether oxygens (including phenoxy) is 3. The molecule has 2 aliphatic carbocycles. The number of likely N-dealkylation sites (N-methyl/N-ethyl adjacent to an activating group) is 1. The third kappa shape index (κ3) is 3.72. The van der Waals surface area contributed by atoms with E-state index in [2.05, 4.69) is 4.90 Å². The Balaban J connectivity index is 1.22. The van der Waals surface area contributed by atoms with Crippen molar-refractivity contribution >= 4 is 17.9 Å². The van der Waals surface area contributed by atoms with Crippen molar-refractivity contribution in [2.75, 3.05) is 13.6 Å². The number of carboxylic acids is 1. The minimum atomic E-state index is -1.94. The molecule has 0 amide bonds. The predicted molar refractivity (Wildman–Crippen MR) is 136 cm³/mol. The van der Waals surface area contributed by atoms with Crippen LogP contribution in [-0.4, -0.2) is 80.7 Å². The highest BCUT2D eigenvalue weighted by Crippen LogP contribution is 2.65. The summed E-state index contributed by atoms with van der Waals surface area (Å²) >= 11 is 0. The van der Waals surface area contributed by atoms with Crippen LogP contribution in [0.15, 0.2) is 54.3 Å². The van der Waals surface area contributed by atoms with Crippen molar-refractivity contribution in [2.24, 2.45) is 0 Å². The molecule has 0 aromatic heterocycles. The van der Waals surface area contributed by atoms with Crippen LogP contribution in [0.4, 0.5) is 0 Å². The zero-order valence-corrected chi connectivity index (χ0v) is 21.6. The van der Waals surface area contributed by atoms with Crippen molar-refractivity contribution in [3.63, 3.8) is 0 Å². The SMILES string of the molecule is CN1CC[C@]23c4c5ccc(O)c4O[C@H]2C(OC(=O)C(O)CC(=O)O[C@H](C(=O)O)c2ccccc2)=CC[C@@]3(O)[C@H]1C5. The normalized spacial score (nSPS) is 29.3. The molecule has 11 heteroatoms. The van der Waals surface area contributed by atoms with E-state index in [-0.39, 0.29) is 35.3 Å². The number of hydrogen-bond acceptors (Lipinski definition) is 10. The van der Waals surface area contributed by atoms with Crippen molar-refractivity contribution in [2.45, 2.75) is 61.1 Å². The zero-order valence-electron chi connectivity index (χ0n) is 21.6. The molecule has 11 nitrogen and oxygen atoms in total. The molecule has 1 fully saturated rings. The fourth-order valence-corrected chi connectivity index (χ4v) is 6.93. The van der Waals surface area contributed by atoms with E-state index in [0.29, 0.717) is 19.4 Å². The molecule has 6 rings (SSSR count). The van der Waals surface area contributed by atoms with E-state index < -0.39 is 53.7 Å². The lowest BCUT2D eigenvalue weighted by Crippen LogP contribution is -2.74. The number of aliphatic hydroxyl groups excluding tert-OH is 1. The minimum Gasteiger partial charge on any atom is -0.504 e. The van der Waals surface area contributed by atoms with E-state index in [1.165, 1.54) is 12.1 Å². The van der Waals surface area contributed by atoms with Crippen LogP contribution in [0, 0.1) is 0 Å². The smallest absolute Gasteiger partial charge is 0.349 e. The lowest BCUT2D eigenvalue weighted by Gasteiger charge is -2.61. The van der Waals surface area contributed by atoms with E-state index in [9.17, 15) is 34.8 Å². The fraction of sp³-hybridized carbons (Fsp3) is 0.414. The third-order valence-corrected chi connectivity index (χ3v) is 8.78. The lowest BCUT2D eigenvalue weighted by molar-refractivity contribution is -0.174. The predicted octanol–water partition coefficient (Wildman–Crippen LogP) is 1.33. The van der Waals surface area contributed by atoms with Gasteiger partial charge in [0.2, 0.25) is 6.10 Å². The molecule has 1 spiro atoms. The molecule has 4 aliphatic rings. The van der Waals surface area contributed by atoms with Crippen molar-refractivity contribution in [3.8, 4) is 11.5 Å². The molecule has 2 aliphatic heterocycles. The summed E-state index contributed by atoms with van der Waals surface area (Å²) in [7, 11) is 1.95. The number of hydrogen-bond donors (Lipinski definition) is 4. The van der Waals surface area contributed by atoms with Crippen LogP contribution in [0.2, 0.25) is 0 Å². The van der Waals surface area contributed by atoms with Crippen LogP contribution in [0.1, 0.15) is 42.1 Å². The highest BCUT2D eigenvalue weighted by Gasteiger charge is 2.72. The molecule has 6 atom stereocenters. The van der Waals surface area contributed by atoms with Crippen molar-refractivity contribution in [1.82, 2.24) is 4.90 Å². The summed E-state index contributed by atoms with van der Waals surface area (Å²) < 4.78 is 16.8. The number of likely N-dealkylation sites (tertiary alicyclic amines) is 1. The van der Waals surface area contributed by atoms with Gasteiger partial charge in [-0.25, -0.2) is 9.59 Å². The number of aromatic hydroxyl groups is 1. The second kappa shape index (κ2) is 9.33. The Kier molecular flexibility index (Phi) is 6.13. The van der Waals surface area contributed by atoms with Gasteiger partial charge in [-0.2, -0.15) is 0 Å². The molecular weight excluding hydrogens is 522 g/mol. The second-order valence-electron chi connectivity index (χ2n) is 10.9. The Morgan fingerprint density at radius 2 is 1.93 bits per heavy atom. The Morgan fingerprint density at radius 1 is 1.18 bits per heavy atom. The number of phenols is 1. The third-order valence-electron chi connectivity index (χ3n) is 8.78. The minimum absolute atomic E-state index is 0.0709. The summed E-state index contributed by atoms with van der Waals surface area (Å²) in [4.78, 5) is 39.1. The average molecular weight is 552 g/mol. The summed E-state index contributed by atoms with van der Waals surface area (Å²) in [5.41, 5.74) is -0.346. The van der Waals surface area contributed by atoms with Gasteiger partial charge in [0.15, 0.2) is 23.7 Å². The molecule has 0 radical (unpaired) electrons. The summed E-state index contributed by atoms with van der Waals surface area (Å²) in [5.74, 6) is -3.42. The number of carboxylic acid groups (broad SMARTS) is 1. The molecule has 1 saturated heterocycles. The van der Waals surface area contributed by atoms with Crippen LogP contribution < -0.4 is 4.74 Å². The number of aliphatic hydroxyl groups is 2. The van der Waals surface area contributed by atoms with Gasteiger partial charge in [0.05, 0.1) is 17.4 Å². The largest absolute Gasteiger partial charge is 0.504 e. The van der Waals surface area contributed by atoms with Gasteiger partial charge in [-0.3, -0.25) is 4.79 Å². The Hall–Kier alpha value is -3.93. The molecule has 2 aromatic carbocycles. The number of aliphatic carboxylic acids is 1. The Labute approximate surface area is 229 Å². The summed E-state index contributed by atoms with van der Waals surface area (Å²) in [6, 6.07) is 11.0. The average Bonchev–Trinajstić information content (AvgIpc) is 3.29. The first-order valence-corrected chi connectivity index (χ1v) is 13.1. The summed E-state index contributed by atoms with van der Waals surface area (Å²) in [6.45, 7) is 0.642. The first-order chi connectivity index (χ1) is 19.1. The molecule has 210 valence electrons. The van der Waals surface area contributed by atoms with E-state index in [0.717, 1.165) is 11.1 Å². The van der Waals surface area contributed by atoms with E-state index in [1.807, 2.05) is 13.1 Å². The number of carbonyl (C=O) groups excluding carboxylic acids is 2. The number of esters is 2. The molecule has 4 N–H and O–H groups in total. The number of nitrogens with zero attached hydrogens (tertiary/aromatic N) is 1. The monoisotopic (exact) mass is 551 g/mol. The van der Waals surface area contributed by atoms with Crippen molar-refractivity contribution in [1.29, 1.82) is 0 Å². The quantitative estimate of drug-likeness (QED) is 0.367. The first-order valence-electron chi connectivity index (χ1n) is 13.1. The van der Waals surface area contributed by atoms with Gasteiger partial charge < -0.3 is 39.5 Å². The maximum Gasteiger partial charge on any atom is 0.349 e. The van der Waals surface area contributed by atoms with E-state index in [4.69, 9.17) is 14.2 Å². The van der Waals surface area contributed by atoms with Gasteiger partial charge in [-0.15, -0.1) is 0 Å². The standard InChI is InChI=1S/C29H29NO10/c1-30-12-11-28-22-16-7-8-17(31)24(22)40-25(28)19(9-10-29(28,37)20(30)13-16)38-27(36)18(32)14-21(33)39-23(26(34)35)15-5-3-2-4-6-15/h2-9,18,20,23,25,31-32,37H,10-14H2,1H3,(H,34,35)/t18?,20-,23+,25+,28+,29-/m1/s1. The van der Waals surface area contributed by atoms with Gasteiger partial charge in [0.25, 0.3) is 0 Å². The maximum atomic E-state index is 12.9. The number of piperidine rings is 1. The Morgan fingerprint density at radius 3 is 2.65 bits per heavy atom. The molecular formula is C29H29NO10. The maximum absolute atomic E-state index is 12.9. The van der Waals surface area contributed by atoms with Crippen LogP contribution in [-0.2, 0) is 35.7 Å². The van der Waals surface area contributed by atoms with Gasteiger partial charge in [-0.1, -0.05) is 36.4 Å². The molecule has 0 saturated carbocycles. The highest BCUT2D eigenvalue weighted by molar-refractivity contribution is 5.84. The molecule has 40 heavy (non-hydrogen) atoms. The number of rotatable bonds is 7. The zero-order chi connectivity index (χ0) is 28.4. The van der Waals surface area contributed by atoms with Crippen LogP contribution >= 0.6 is 0 Å². The number of carbonyl (C=O) groups is 3. The Bertz CT molecular complexity index is 1420. The topological polar surface area (TPSA) is 163 Å². The van der Waals surface area contributed by atoms with Gasteiger partial charge in [0, 0.05) is 23.6 Å². The van der Waals surface area contributed by atoms with Crippen LogP contribution in [0.25, 0.3) is 0 Å². The first kappa shape index (κ1) is 26.3. The fourth-order valence-electron chi connectivity index (χ4n) is 6.93. The van der Waals surface area contributed by atoms with Crippen LogP contribution in [0.3, 0.4) is 0 Å². The molecule has 1 unspecified atom stereocenters. The summed E-state index contributed by atoms with van der Waals surface area (Å²) in [6.07, 6.45) is -2.58. The summed E-state index contributed by atoms with van der Waals surface area (Å²) in [5, 5.41) is 42.7. The van der Waals surface area contributed by atoms with Crippen molar-refractivity contribution < 1.29 is 49.0 Å². The van der Waals surface area contributed by atoms with Gasteiger partial charge in [0.1, 0.15) is 5.76 Å². The van der Waals surface area contributed by atoms with Gasteiger partial charge in [-0.05, 0) is 44.1 Å². The van der Waals surface area contributed by atoms with E-state index >= 15 is 0 Å². The highest BCUT2D eigenvalue weighted by atomic mass is 16.6. The number of benzene rings is 2. The lowest BCUT2D eigenvalue weighted by atomic mass is 9.50. The number of phenolic OH excluding ortho intramolecular Hbond substituents is 1. The molecule has 2 heterocycles. The van der Waals surface area contributed by atoms with E-state index in [1.54, 1.807) is 30.3 Å².